The quantitative estimate of drug-likeness (QED) is 0.537. The van der Waals surface area contributed by atoms with Crippen LogP contribution in [0.15, 0.2) is 24.7 Å². The second kappa shape index (κ2) is 9.09. The van der Waals surface area contributed by atoms with E-state index in [9.17, 15) is 0 Å². The summed E-state index contributed by atoms with van der Waals surface area (Å²) in [6.45, 7) is 7.05. The molecule has 5 rings (SSSR count). The van der Waals surface area contributed by atoms with E-state index in [4.69, 9.17) is 21.1 Å². The molecule has 162 valence electrons. The SMILES string of the molecule is Clc1cc(N2CCC3(CCO3)CC2)c(C#Cc2ncc(CN3CCOCC3)cn2)cn1. The molecule has 31 heavy (non-hydrogen) atoms. The normalized spacial score (nSPS) is 20.7. The van der Waals surface area contributed by atoms with Crippen molar-refractivity contribution in [3.05, 3.63) is 46.8 Å². The van der Waals surface area contributed by atoms with Crippen LogP contribution in [0.1, 0.15) is 36.2 Å². The minimum absolute atomic E-state index is 0.107. The third-order valence-electron chi connectivity index (χ3n) is 6.35. The molecular formula is C23H26ClN5O2. The van der Waals surface area contributed by atoms with E-state index >= 15 is 0 Å². The Labute approximate surface area is 187 Å². The number of morpholine rings is 1. The van der Waals surface area contributed by atoms with Gasteiger partial charge in [-0.3, -0.25) is 4.90 Å². The van der Waals surface area contributed by atoms with E-state index in [1.807, 2.05) is 18.5 Å². The molecule has 2 aromatic heterocycles. The maximum absolute atomic E-state index is 6.20. The average Bonchev–Trinajstić information content (AvgIpc) is 2.79. The van der Waals surface area contributed by atoms with Crippen LogP contribution >= 0.6 is 11.6 Å². The van der Waals surface area contributed by atoms with Gasteiger partial charge in [0.25, 0.3) is 0 Å². The van der Waals surface area contributed by atoms with E-state index < -0.39 is 0 Å². The Morgan fingerprint density at radius 1 is 0.935 bits per heavy atom. The first-order valence-corrected chi connectivity index (χ1v) is 11.2. The Hall–Kier alpha value is -2.24. The lowest BCUT2D eigenvalue weighted by Crippen LogP contribution is -2.52. The molecule has 3 aliphatic heterocycles. The lowest BCUT2D eigenvalue weighted by Gasteiger charge is -2.48. The summed E-state index contributed by atoms with van der Waals surface area (Å²) >= 11 is 6.20. The second-order valence-electron chi connectivity index (χ2n) is 8.35. The van der Waals surface area contributed by atoms with Crippen molar-refractivity contribution in [2.45, 2.75) is 31.4 Å². The summed E-state index contributed by atoms with van der Waals surface area (Å²) in [5.41, 5.74) is 3.05. The highest BCUT2D eigenvalue weighted by Gasteiger charge is 2.41. The Morgan fingerprint density at radius 3 is 2.35 bits per heavy atom. The van der Waals surface area contributed by atoms with Crippen LogP contribution in [0.3, 0.4) is 0 Å². The fourth-order valence-electron chi connectivity index (χ4n) is 4.36. The van der Waals surface area contributed by atoms with Gasteiger partial charge >= 0.3 is 0 Å². The zero-order valence-electron chi connectivity index (χ0n) is 17.5. The number of piperidine rings is 1. The molecule has 1 spiro atoms. The fraction of sp³-hybridized carbons (Fsp3) is 0.522. The van der Waals surface area contributed by atoms with Crippen molar-refractivity contribution < 1.29 is 9.47 Å². The van der Waals surface area contributed by atoms with Gasteiger partial charge in [-0.2, -0.15) is 0 Å². The van der Waals surface area contributed by atoms with Gasteiger partial charge in [0.05, 0.1) is 36.7 Å². The first kappa shape index (κ1) is 20.7. The molecule has 3 aliphatic rings. The standard InChI is InChI=1S/C23H26ClN5O2/c24-21-13-20(29-6-3-23(4-7-29)5-10-31-23)19(16-25-21)1-2-22-26-14-18(15-27-22)17-28-8-11-30-12-9-28/h13-16H,3-12,17H2. The number of halogens is 1. The Kier molecular flexibility index (Phi) is 6.06. The van der Waals surface area contributed by atoms with Crippen molar-refractivity contribution in [3.63, 3.8) is 0 Å². The number of aromatic nitrogens is 3. The fourth-order valence-corrected chi connectivity index (χ4v) is 4.51. The van der Waals surface area contributed by atoms with Crippen molar-refractivity contribution in [1.29, 1.82) is 0 Å². The smallest absolute Gasteiger partial charge is 0.205 e. The molecule has 3 saturated heterocycles. The predicted octanol–water partition coefficient (Wildman–Crippen LogP) is 2.52. The molecule has 5 heterocycles. The number of ether oxygens (including phenoxy) is 2. The summed E-state index contributed by atoms with van der Waals surface area (Å²) in [4.78, 5) is 17.8. The number of hydrogen-bond acceptors (Lipinski definition) is 7. The minimum Gasteiger partial charge on any atom is -0.379 e. The van der Waals surface area contributed by atoms with Crippen LogP contribution in [0, 0.1) is 11.8 Å². The Morgan fingerprint density at radius 2 is 1.68 bits per heavy atom. The molecule has 0 radical (unpaired) electrons. The van der Waals surface area contributed by atoms with Gasteiger partial charge in [-0.15, -0.1) is 0 Å². The lowest BCUT2D eigenvalue weighted by atomic mass is 9.84. The van der Waals surface area contributed by atoms with Crippen molar-refractivity contribution >= 4 is 17.3 Å². The van der Waals surface area contributed by atoms with Crippen LogP contribution in [0.4, 0.5) is 5.69 Å². The van der Waals surface area contributed by atoms with E-state index in [2.05, 4.69) is 36.6 Å². The molecule has 3 fully saturated rings. The van der Waals surface area contributed by atoms with Gasteiger partial charge in [-0.1, -0.05) is 17.5 Å². The summed E-state index contributed by atoms with van der Waals surface area (Å²) in [5.74, 6) is 6.80. The van der Waals surface area contributed by atoms with E-state index in [-0.39, 0.29) is 5.60 Å². The topological polar surface area (TPSA) is 63.6 Å². The monoisotopic (exact) mass is 439 g/mol. The van der Waals surface area contributed by atoms with Crippen molar-refractivity contribution in [2.75, 3.05) is 50.9 Å². The number of rotatable bonds is 3. The molecule has 0 unspecified atom stereocenters. The van der Waals surface area contributed by atoms with Gasteiger partial charge < -0.3 is 14.4 Å². The average molecular weight is 440 g/mol. The maximum Gasteiger partial charge on any atom is 0.205 e. The van der Waals surface area contributed by atoms with E-state index in [1.165, 1.54) is 6.42 Å². The molecule has 0 N–H and O–H groups in total. The van der Waals surface area contributed by atoms with Crippen LogP contribution in [-0.2, 0) is 16.0 Å². The molecule has 0 aliphatic carbocycles. The van der Waals surface area contributed by atoms with Crippen LogP contribution in [0.5, 0.6) is 0 Å². The van der Waals surface area contributed by atoms with Crippen molar-refractivity contribution in [2.24, 2.45) is 0 Å². The first-order valence-electron chi connectivity index (χ1n) is 10.9. The predicted molar refractivity (Wildman–Crippen MR) is 118 cm³/mol. The van der Waals surface area contributed by atoms with Gasteiger partial charge in [0.15, 0.2) is 0 Å². The summed E-state index contributed by atoms with van der Waals surface area (Å²) in [6, 6.07) is 1.90. The maximum atomic E-state index is 6.20. The summed E-state index contributed by atoms with van der Waals surface area (Å²) in [5, 5.41) is 0.476. The second-order valence-corrected chi connectivity index (χ2v) is 8.73. The minimum atomic E-state index is 0.107. The number of nitrogens with zero attached hydrogens (tertiary/aromatic N) is 5. The van der Waals surface area contributed by atoms with Crippen LogP contribution in [0.2, 0.25) is 5.15 Å². The highest BCUT2D eigenvalue weighted by atomic mass is 35.5. The zero-order chi connectivity index (χ0) is 21.1. The number of hydrogen-bond donors (Lipinski definition) is 0. The van der Waals surface area contributed by atoms with E-state index in [0.29, 0.717) is 11.0 Å². The van der Waals surface area contributed by atoms with E-state index in [1.54, 1.807) is 6.20 Å². The highest BCUT2D eigenvalue weighted by Crippen LogP contribution is 2.38. The molecule has 8 heteroatoms. The molecule has 0 saturated carbocycles. The molecule has 7 nitrogen and oxygen atoms in total. The zero-order valence-corrected chi connectivity index (χ0v) is 18.3. The molecular weight excluding hydrogens is 414 g/mol. The summed E-state index contributed by atoms with van der Waals surface area (Å²) < 4.78 is 11.2. The molecule has 2 aromatic rings. The first-order chi connectivity index (χ1) is 15.2. The molecule has 0 atom stereocenters. The van der Waals surface area contributed by atoms with Gasteiger partial charge in [0, 0.05) is 62.9 Å². The van der Waals surface area contributed by atoms with Crippen molar-refractivity contribution in [3.8, 4) is 11.8 Å². The highest BCUT2D eigenvalue weighted by molar-refractivity contribution is 6.29. The summed E-state index contributed by atoms with van der Waals surface area (Å²) in [7, 11) is 0. The van der Waals surface area contributed by atoms with Crippen molar-refractivity contribution in [1.82, 2.24) is 19.9 Å². The number of pyridine rings is 1. The number of anilines is 1. The van der Waals surface area contributed by atoms with Crippen LogP contribution in [0.25, 0.3) is 0 Å². The summed E-state index contributed by atoms with van der Waals surface area (Å²) in [6.07, 6.45) is 8.69. The van der Waals surface area contributed by atoms with Gasteiger partial charge in [-0.05, 0) is 25.2 Å². The van der Waals surface area contributed by atoms with Gasteiger partial charge in [0.2, 0.25) is 5.82 Å². The van der Waals surface area contributed by atoms with Crippen LogP contribution < -0.4 is 4.90 Å². The lowest BCUT2D eigenvalue weighted by molar-refractivity contribution is -0.158. The Bertz CT molecular complexity index is 968. The third kappa shape index (κ3) is 4.83. The van der Waals surface area contributed by atoms with Crippen LogP contribution in [-0.4, -0.2) is 71.5 Å². The third-order valence-corrected chi connectivity index (χ3v) is 6.56. The molecule has 0 aromatic carbocycles. The van der Waals surface area contributed by atoms with Gasteiger partial charge in [-0.25, -0.2) is 15.0 Å². The molecule has 0 bridgehead atoms. The van der Waals surface area contributed by atoms with Gasteiger partial charge in [0.1, 0.15) is 5.15 Å². The van der Waals surface area contributed by atoms with E-state index in [0.717, 1.165) is 82.2 Å². The largest absolute Gasteiger partial charge is 0.379 e. The Balaban J connectivity index is 1.28. The molecule has 0 amide bonds.